The lowest BCUT2D eigenvalue weighted by molar-refractivity contribution is -0.151. The van der Waals surface area contributed by atoms with Gasteiger partial charge in [-0.15, -0.1) is 0 Å². The number of ether oxygens (including phenoxy) is 1. The Morgan fingerprint density at radius 1 is 1.12 bits per heavy atom. The van der Waals surface area contributed by atoms with Crippen molar-refractivity contribution in [1.29, 1.82) is 0 Å². The summed E-state index contributed by atoms with van der Waals surface area (Å²) in [5.74, 6) is -0.496. The number of rotatable bonds is 9. The molecule has 5 heteroatoms. The molecule has 0 heterocycles. The summed E-state index contributed by atoms with van der Waals surface area (Å²) in [6.07, 6.45) is 7.77. The van der Waals surface area contributed by atoms with Crippen LogP contribution in [0.3, 0.4) is 0 Å². The third-order valence-corrected chi connectivity index (χ3v) is 7.74. The number of halogens is 2. The second kappa shape index (κ2) is 9.82. The van der Waals surface area contributed by atoms with Crippen molar-refractivity contribution in [1.82, 2.24) is 0 Å². The molecule has 2 atom stereocenters. The maximum atomic E-state index is 15.1. The van der Waals surface area contributed by atoms with Gasteiger partial charge in [-0.05, 0) is 111 Å². The topological polar surface area (TPSA) is 46.5 Å². The maximum Gasteiger partial charge on any atom is 0.341 e. The van der Waals surface area contributed by atoms with Crippen LogP contribution in [-0.2, 0) is 11.2 Å². The smallest absolute Gasteiger partial charge is 0.341 e. The molecular weight excluding hydrogens is 422 g/mol. The van der Waals surface area contributed by atoms with Gasteiger partial charge < -0.3 is 9.84 Å². The first-order chi connectivity index (χ1) is 15.8. The lowest BCUT2D eigenvalue weighted by Crippen LogP contribution is -2.38. The molecule has 2 aliphatic carbocycles. The fraction of sp³-hybridized carbons (Fsp3) is 0.536. The van der Waals surface area contributed by atoms with Crippen LogP contribution in [0, 0.1) is 17.7 Å². The fourth-order valence-corrected chi connectivity index (χ4v) is 5.63. The molecule has 0 aliphatic heterocycles. The Morgan fingerprint density at radius 3 is 2.48 bits per heavy atom. The summed E-state index contributed by atoms with van der Waals surface area (Å²) in [6, 6.07) is 12.9. The van der Waals surface area contributed by atoms with Crippen molar-refractivity contribution in [3.8, 4) is 5.75 Å². The van der Waals surface area contributed by atoms with Crippen molar-refractivity contribution < 1.29 is 23.4 Å². The van der Waals surface area contributed by atoms with E-state index in [-0.39, 0.29) is 17.7 Å². The summed E-state index contributed by atoms with van der Waals surface area (Å²) in [5, 5.41) is 9.44. The molecule has 1 N–H and O–H groups in total. The first-order valence-electron chi connectivity index (χ1n) is 12.1. The van der Waals surface area contributed by atoms with E-state index >= 15 is 4.39 Å². The van der Waals surface area contributed by atoms with Crippen LogP contribution in [0.2, 0.25) is 0 Å². The summed E-state index contributed by atoms with van der Waals surface area (Å²) < 4.78 is 34.7. The molecule has 3 nitrogen and oxygen atoms in total. The number of hydrogen-bond acceptors (Lipinski definition) is 2. The van der Waals surface area contributed by atoms with Gasteiger partial charge in [0.2, 0.25) is 5.67 Å². The molecule has 2 aliphatic rings. The predicted molar refractivity (Wildman–Crippen MR) is 125 cm³/mol. The highest BCUT2D eigenvalue weighted by Gasteiger charge is 2.50. The molecular formula is C28H34F2O3. The molecule has 2 fully saturated rings. The molecule has 0 saturated heterocycles. The number of benzene rings is 2. The number of methoxy groups -OCH3 is 1. The standard InChI is InChI=1S/C28H34F2O3/c1-28(30,27(31)32)26(21-12-13-21)22-5-3-4-19(16-22)7-6-18-8-10-20(11-9-18)24-17-23(33-2)14-15-25(24)29/h3-5,14-18,20-21,26H,6-13H2,1-2H3,(H,31,32). The van der Waals surface area contributed by atoms with Crippen molar-refractivity contribution in [2.24, 2.45) is 11.8 Å². The molecule has 0 radical (unpaired) electrons. The zero-order chi connectivity index (χ0) is 23.6. The molecule has 0 aromatic heterocycles. The summed E-state index contributed by atoms with van der Waals surface area (Å²) in [6.45, 7) is 1.20. The highest BCUT2D eigenvalue weighted by molar-refractivity contribution is 5.78. The molecule has 33 heavy (non-hydrogen) atoms. The van der Waals surface area contributed by atoms with E-state index in [0.717, 1.165) is 68.1 Å². The first-order valence-corrected chi connectivity index (χ1v) is 12.1. The van der Waals surface area contributed by atoms with Crippen LogP contribution in [0.5, 0.6) is 5.75 Å². The molecule has 2 saturated carbocycles. The minimum atomic E-state index is -2.26. The number of hydrogen-bond donors (Lipinski definition) is 1. The van der Waals surface area contributed by atoms with Gasteiger partial charge in [0.1, 0.15) is 11.6 Å². The van der Waals surface area contributed by atoms with Crippen LogP contribution in [0.1, 0.15) is 80.4 Å². The van der Waals surface area contributed by atoms with Crippen LogP contribution in [0.15, 0.2) is 42.5 Å². The van der Waals surface area contributed by atoms with Crippen LogP contribution >= 0.6 is 0 Å². The number of aliphatic carboxylic acids is 1. The second-order valence-electron chi connectivity index (χ2n) is 10.1. The minimum Gasteiger partial charge on any atom is -0.497 e. The third-order valence-electron chi connectivity index (χ3n) is 7.74. The Balaban J connectivity index is 1.36. The lowest BCUT2D eigenvalue weighted by Gasteiger charge is -2.29. The van der Waals surface area contributed by atoms with Gasteiger partial charge in [0.05, 0.1) is 7.11 Å². The first kappa shape index (κ1) is 23.7. The summed E-state index contributed by atoms with van der Waals surface area (Å²) in [4.78, 5) is 11.6. The van der Waals surface area contributed by atoms with E-state index in [9.17, 15) is 14.3 Å². The van der Waals surface area contributed by atoms with Gasteiger partial charge in [0, 0.05) is 5.92 Å². The van der Waals surface area contributed by atoms with Gasteiger partial charge in [-0.3, -0.25) is 0 Å². The fourth-order valence-electron chi connectivity index (χ4n) is 5.63. The van der Waals surface area contributed by atoms with Gasteiger partial charge in [-0.1, -0.05) is 24.3 Å². The Morgan fingerprint density at radius 2 is 1.85 bits per heavy atom. The van der Waals surface area contributed by atoms with Crippen LogP contribution < -0.4 is 4.74 Å². The van der Waals surface area contributed by atoms with E-state index in [4.69, 9.17) is 4.74 Å². The Hall–Kier alpha value is -2.43. The normalized spacial score (nSPS) is 23.5. The number of carboxylic acid groups (broad SMARTS) is 1. The van der Waals surface area contributed by atoms with Crippen LogP contribution in [-0.4, -0.2) is 23.9 Å². The van der Waals surface area contributed by atoms with E-state index in [1.807, 2.05) is 24.3 Å². The van der Waals surface area contributed by atoms with E-state index in [1.165, 1.54) is 13.0 Å². The molecule has 4 rings (SSSR count). The summed E-state index contributed by atoms with van der Waals surface area (Å²) in [7, 11) is 1.60. The van der Waals surface area contributed by atoms with E-state index in [2.05, 4.69) is 6.07 Å². The lowest BCUT2D eigenvalue weighted by atomic mass is 9.76. The number of carbonyl (C=O) groups is 1. The quantitative estimate of drug-likeness (QED) is 0.440. The summed E-state index contributed by atoms with van der Waals surface area (Å²) >= 11 is 0. The number of aryl methyl sites for hydroxylation is 1. The van der Waals surface area contributed by atoms with Crippen molar-refractivity contribution in [3.05, 3.63) is 65.0 Å². The molecule has 0 spiro atoms. The van der Waals surface area contributed by atoms with Crippen LogP contribution in [0.25, 0.3) is 0 Å². The highest BCUT2D eigenvalue weighted by atomic mass is 19.1. The third kappa shape index (κ3) is 5.39. The molecule has 2 aromatic rings. The minimum absolute atomic E-state index is 0.110. The Kier molecular flexibility index (Phi) is 7.06. The highest BCUT2D eigenvalue weighted by Crippen LogP contribution is 2.50. The van der Waals surface area contributed by atoms with Crippen molar-refractivity contribution in [2.75, 3.05) is 7.11 Å². The van der Waals surface area contributed by atoms with Gasteiger partial charge >= 0.3 is 5.97 Å². The van der Waals surface area contributed by atoms with Crippen molar-refractivity contribution >= 4 is 5.97 Å². The van der Waals surface area contributed by atoms with Crippen LogP contribution in [0.4, 0.5) is 8.78 Å². The predicted octanol–water partition coefficient (Wildman–Crippen LogP) is 7.05. The summed E-state index contributed by atoms with van der Waals surface area (Å²) in [5.41, 5.74) is 0.451. The van der Waals surface area contributed by atoms with Gasteiger partial charge in [0.25, 0.3) is 0 Å². The average Bonchev–Trinajstić information content (AvgIpc) is 3.63. The SMILES string of the molecule is COc1ccc(F)c(C2CCC(CCc3cccc(C(C4CC4)C(C)(F)C(=O)O)c3)CC2)c1. The average molecular weight is 457 g/mol. The molecule has 2 unspecified atom stereocenters. The van der Waals surface area contributed by atoms with E-state index < -0.39 is 17.6 Å². The zero-order valence-corrected chi connectivity index (χ0v) is 19.5. The van der Waals surface area contributed by atoms with Crippen molar-refractivity contribution in [2.45, 2.75) is 75.8 Å². The number of alkyl halides is 1. The maximum absolute atomic E-state index is 15.1. The monoisotopic (exact) mass is 456 g/mol. The molecule has 178 valence electrons. The van der Waals surface area contributed by atoms with Gasteiger partial charge in [0.15, 0.2) is 0 Å². The molecule has 0 bridgehead atoms. The van der Waals surface area contributed by atoms with Gasteiger partial charge in [-0.25, -0.2) is 13.6 Å². The van der Waals surface area contributed by atoms with Gasteiger partial charge in [-0.2, -0.15) is 0 Å². The largest absolute Gasteiger partial charge is 0.497 e. The van der Waals surface area contributed by atoms with E-state index in [1.54, 1.807) is 13.2 Å². The number of carboxylic acids is 1. The van der Waals surface area contributed by atoms with E-state index in [0.29, 0.717) is 11.7 Å². The molecule has 0 amide bonds. The molecule has 2 aromatic carbocycles. The van der Waals surface area contributed by atoms with Crippen molar-refractivity contribution in [3.63, 3.8) is 0 Å². The Labute approximate surface area is 195 Å². The Bertz CT molecular complexity index is 975. The zero-order valence-electron chi connectivity index (χ0n) is 19.5. The second-order valence-corrected chi connectivity index (χ2v) is 10.1.